The molecule has 1 aliphatic heterocycles. The van der Waals surface area contributed by atoms with Gasteiger partial charge in [0, 0.05) is 32.3 Å². The quantitative estimate of drug-likeness (QED) is 0.829. The van der Waals surface area contributed by atoms with E-state index in [1.807, 2.05) is 30.1 Å². The third-order valence-electron chi connectivity index (χ3n) is 3.02. The molecule has 1 unspecified atom stereocenters. The average Bonchev–Trinajstić information content (AvgIpc) is 2.36. The normalized spacial score (nSPS) is 20.8. The fourth-order valence-corrected chi connectivity index (χ4v) is 2.12. The summed E-state index contributed by atoms with van der Waals surface area (Å²) >= 11 is 0. The van der Waals surface area contributed by atoms with E-state index in [-0.39, 0.29) is 6.03 Å². The minimum absolute atomic E-state index is 0.0559. The number of pyridine rings is 1. The minimum atomic E-state index is 0.0559. The summed E-state index contributed by atoms with van der Waals surface area (Å²) in [5, 5.41) is 0. The fourth-order valence-electron chi connectivity index (χ4n) is 2.12. The van der Waals surface area contributed by atoms with Gasteiger partial charge in [-0.15, -0.1) is 0 Å². The third kappa shape index (κ3) is 2.74. The van der Waals surface area contributed by atoms with Crippen molar-refractivity contribution < 1.29 is 4.79 Å². The minimum Gasteiger partial charge on any atom is -0.330 e. The second-order valence-corrected chi connectivity index (χ2v) is 4.47. The van der Waals surface area contributed by atoms with Crippen LogP contribution in [0.5, 0.6) is 0 Å². The molecule has 5 nitrogen and oxygen atoms in total. The maximum absolute atomic E-state index is 12.0. The molecule has 2 rings (SSSR count). The Labute approximate surface area is 101 Å². The highest BCUT2D eigenvalue weighted by molar-refractivity contribution is 5.74. The van der Waals surface area contributed by atoms with E-state index >= 15 is 0 Å². The summed E-state index contributed by atoms with van der Waals surface area (Å²) in [6, 6.07) is 5.79. The van der Waals surface area contributed by atoms with Crippen molar-refractivity contribution in [1.82, 2.24) is 14.8 Å². The number of rotatable bonds is 3. The van der Waals surface area contributed by atoms with Gasteiger partial charge in [-0.2, -0.15) is 0 Å². The van der Waals surface area contributed by atoms with E-state index in [2.05, 4.69) is 4.98 Å². The van der Waals surface area contributed by atoms with Gasteiger partial charge in [-0.1, -0.05) is 6.07 Å². The fraction of sp³-hybridized carbons (Fsp3) is 0.500. The summed E-state index contributed by atoms with van der Waals surface area (Å²) in [5.41, 5.74) is 6.60. The van der Waals surface area contributed by atoms with Crippen LogP contribution in [0.3, 0.4) is 0 Å². The van der Waals surface area contributed by atoms with Gasteiger partial charge in [0.2, 0.25) is 0 Å². The maximum Gasteiger partial charge on any atom is 0.320 e. The highest BCUT2D eigenvalue weighted by atomic mass is 16.2. The monoisotopic (exact) mass is 234 g/mol. The lowest BCUT2D eigenvalue weighted by molar-refractivity contribution is 0.113. The van der Waals surface area contributed by atoms with Crippen molar-refractivity contribution >= 4 is 6.03 Å². The van der Waals surface area contributed by atoms with E-state index in [1.165, 1.54) is 0 Å². The van der Waals surface area contributed by atoms with Crippen LogP contribution < -0.4 is 5.73 Å². The molecule has 0 aromatic carbocycles. The predicted molar refractivity (Wildman–Crippen MR) is 65.2 cm³/mol. The molecule has 1 atom stereocenters. The number of urea groups is 1. The summed E-state index contributed by atoms with van der Waals surface area (Å²) in [7, 11) is 1.82. The van der Waals surface area contributed by atoms with E-state index in [1.54, 1.807) is 11.1 Å². The lowest BCUT2D eigenvalue weighted by Crippen LogP contribution is -2.53. The second-order valence-electron chi connectivity index (χ2n) is 4.47. The molecule has 17 heavy (non-hydrogen) atoms. The standard InChI is InChI=1S/C12H18N4O/c1-15-7-10(6-13)8-16(12(15)17)9-11-4-2-3-5-14-11/h2-5,10H,6-9,13H2,1H3. The van der Waals surface area contributed by atoms with Crippen LogP contribution in [0.4, 0.5) is 4.79 Å². The van der Waals surface area contributed by atoms with Crippen LogP contribution in [0, 0.1) is 5.92 Å². The zero-order valence-electron chi connectivity index (χ0n) is 10.0. The maximum atomic E-state index is 12.0. The number of amides is 2. The van der Waals surface area contributed by atoms with Crippen molar-refractivity contribution in [3.63, 3.8) is 0 Å². The van der Waals surface area contributed by atoms with Gasteiger partial charge in [0.1, 0.15) is 0 Å². The van der Waals surface area contributed by atoms with Gasteiger partial charge in [-0.25, -0.2) is 4.79 Å². The van der Waals surface area contributed by atoms with Crippen LogP contribution >= 0.6 is 0 Å². The molecule has 1 aliphatic rings. The third-order valence-corrected chi connectivity index (χ3v) is 3.02. The summed E-state index contributed by atoms with van der Waals surface area (Å²) in [6.45, 7) is 2.63. The molecule has 5 heteroatoms. The van der Waals surface area contributed by atoms with Crippen LogP contribution in [0.1, 0.15) is 5.69 Å². The van der Waals surface area contributed by atoms with Crippen molar-refractivity contribution in [3.05, 3.63) is 30.1 Å². The van der Waals surface area contributed by atoms with Crippen LogP contribution in [0.25, 0.3) is 0 Å². The highest BCUT2D eigenvalue weighted by Gasteiger charge is 2.28. The molecule has 0 saturated carbocycles. The first kappa shape index (κ1) is 11.9. The molecule has 0 aliphatic carbocycles. The average molecular weight is 234 g/mol. The Kier molecular flexibility index (Phi) is 3.58. The van der Waals surface area contributed by atoms with Gasteiger partial charge in [0.25, 0.3) is 0 Å². The first-order chi connectivity index (χ1) is 8.20. The molecule has 0 radical (unpaired) electrons. The van der Waals surface area contributed by atoms with Crippen molar-refractivity contribution in [1.29, 1.82) is 0 Å². The van der Waals surface area contributed by atoms with Gasteiger partial charge in [-0.3, -0.25) is 4.98 Å². The first-order valence-electron chi connectivity index (χ1n) is 5.80. The lowest BCUT2D eigenvalue weighted by atomic mass is 10.1. The van der Waals surface area contributed by atoms with E-state index in [0.717, 1.165) is 18.8 Å². The Morgan fingerprint density at radius 1 is 1.47 bits per heavy atom. The molecule has 2 N–H and O–H groups in total. The Morgan fingerprint density at radius 2 is 2.29 bits per heavy atom. The lowest BCUT2D eigenvalue weighted by Gasteiger charge is -2.37. The molecule has 1 fully saturated rings. The van der Waals surface area contributed by atoms with Crippen molar-refractivity contribution in [2.24, 2.45) is 11.7 Å². The van der Waals surface area contributed by atoms with E-state index < -0.39 is 0 Å². The number of nitrogens with two attached hydrogens (primary N) is 1. The Morgan fingerprint density at radius 3 is 2.94 bits per heavy atom. The molecule has 2 heterocycles. The van der Waals surface area contributed by atoms with Crippen LogP contribution in [0.15, 0.2) is 24.4 Å². The second kappa shape index (κ2) is 5.14. The zero-order chi connectivity index (χ0) is 12.3. The molecule has 2 amide bonds. The van der Waals surface area contributed by atoms with Crippen molar-refractivity contribution in [2.45, 2.75) is 6.54 Å². The SMILES string of the molecule is CN1CC(CN)CN(Cc2ccccn2)C1=O. The van der Waals surface area contributed by atoms with E-state index in [0.29, 0.717) is 19.0 Å². The van der Waals surface area contributed by atoms with Crippen molar-refractivity contribution in [3.8, 4) is 0 Å². The van der Waals surface area contributed by atoms with Gasteiger partial charge < -0.3 is 15.5 Å². The van der Waals surface area contributed by atoms with Crippen LogP contribution in [-0.2, 0) is 6.54 Å². The summed E-state index contributed by atoms with van der Waals surface area (Å²) in [4.78, 5) is 19.7. The molecule has 0 spiro atoms. The molecule has 0 bridgehead atoms. The first-order valence-corrected chi connectivity index (χ1v) is 5.80. The highest BCUT2D eigenvalue weighted by Crippen LogP contribution is 2.14. The number of hydrogen-bond donors (Lipinski definition) is 1. The van der Waals surface area contributed by atoms with Gasteiger partial charge >= 0.3 is 6.03 Å². The molecule has 1 saturated heterocycles. The molecule has 92 valence electrons. The Balaban J connectivity index is 2.06. The number of carbonyl (C=O) groups is 1. The van der Waals surface area contributed by atoms with E-state index in [4.69, 9.17) is 5.73 Å². The van der Waals surface area contributed by atoms with Crippen molar-refractivity contribution in [2.75, 3.05) is 26.7 Å². The number of nitrogens with zero attached hydrogens (tertiary/aromatic N) is 3. The Hall–Kier alpha value is -1.62. The van der Waals surface area contributed by atoms with Gasteiger partial charge in [0.15, 0.2) is 0 Å². The summed E-state index contributed by atoms with van der Waals surface area (Å²) in [6.07, 6.45) is 1.74. The summed E-state index contributed by atoms with van der Waals surface area (Å²) < 4.78 is 0. The van der Waals surface area contributed by atoms with Crippen LogP contribution in [0.2, 0.25) is 0 Å². The molecule has 1 aromatic rings. The van der Waals surface area contributed by atoms with E-state index in [9.17, 15) is 4.79 Å². The zero-order valence-corrected chi connectivity index (χ0v) is 10.0. The van der Waals surface area contributed by atoms with Gasteiger partial charge in [-0.05, 0) is 18.7 Å². The summed E-state index contributed by atoms with van der Waals surface area (Å²) in [5.74, 6) is 0.349. The predicted octanol–water partition coefficient (Wildman–Crippen LogP) is 0.524. The topological polar surface area (TPSA) is 62.5 Å². The molecule has 1 aromatic heterocycles. The van der Waals surface area contributed by atoms with Gasteiger partial charge in [0.05, 0.1) is 12.2 Å². The molecular formula is C12H18N4O. The van der Waals surface area contributed by atoms with Crippen LogP contribution in [-0.4, -0.2) is 47.5 Å². The number of carbonyl (C=O) groups excluding carboxylic acids is 1. The number of hydrogen-bond acceptors (Lipinski definition) is 3. The smallest absolute Gasteiger partial charge is 0.320 e. The largest absolute Gasteiger partial charge is 0.330 e. The number of aromatic nitrogens is 1. The molecular weight excluding hydrogens is 216 g/mol. The Bertz CT molecular complexity index is 381.